The molecule has 1 N–H and O–H groups in total. The summed E-state index contributed by atoms with van der Waals surface area (Å²) in [5.74, 6) is 2.48. The van der Waals surface area contributed by atoms with E-state index in [4.69, 9.17) is 9.72 Å². The highest BCUT2D eigenvalue weighted by Gasteiger charge is 2.19. The molecule has 0 atom stereocenters. The van der Waals surface area contributed by atoms with Crippen molar-refractivity contribution >= 4 is 23.1 Å². The molecule has 1 aromatic heterocycles. The highest BCUT2D eigenvalue weighted by Crippen LogP contribution is 2.24. The van der Waals surface area contributed by atoms with Crippen LogP contribution in [0.2, 0.25) is 0 Å². The second kappa shape index (κ2) is 8.39. The van der Waals surface area contributed by atoms with Crippen LogP contribution in [0.1, 0.15) is 11.1 Å². The van der Waals surface area contributed by atoms with E-state index < -0.39 is 0 Å². The number of hydrogen-bond donors (Lipinski definition) is 1. The maximum Gasteiger partial charge on any atom is 0.227 e. The molecule has 1 fully saturated rings. The molecule has 0 amide bonds. The van der Waals surface area contributed by atoms with Gasteiger partial charge in [0, 0.05) is 43.8 Å². The Labute approximate surface area is 172 Å². The first-order valence-corrected chi connectivity index (χ1v) is 9.93. The van der Waals surface area contributed by atoms with Crippen molar-refractivity contribution in [2.24, 2.45) is 0 Å². The number of benzene rings is 2. The zero-order valence-electron chi connectivity index (χ0n) is 17.2. The van der Waals surface area contributed by atoms with Gasteiger partial charge in [-0.2, -0.15) is 4.98 Å². The monoisotopic (exact) mass is 389 g/mol. The number of anilines is 4. The minimum atomic E-state index is 0.773. The number of aromatic nitrogens is 2. The van der Waals surface area contributed by atoms with Crippen LogP contribution in [0.3, 0.4) is 0 Å². The number of methoxy groups -OCH3 is 1. The Bertz CT molecular complexity index is 965. The summed E-state index contributed by atoms with van der Waals surface area (Å²) in [7, 11) is 1.69. The van der Waals surface area contributed by atoms with Crippen LogP contribution in [0.5, 0.6) is 5.75 Å². The molecule has 6 heteroatoms. The normalized spacial score (nSPS) is 14.0. The van der Waals surface area contributed by atoms with Gasteiger partial charge in [0.2, 0.25) is 5.95 Å². The van der Waals surface area contributed by atoms with Gasteiger partial charge in [-0.15, -0.1) is 0 Å². The average molecular weight is 390 g/mol. The zero-order chi connectivity index (χ0) is 20.2. The van der Waals surface area contributed by atoms with Crippen LogP contribution in [0.15, 0.2) is 54.7 Å². The third kappa shape index (κ3) is 4.42. The van der Waals surface area contributed by atoms with Crippen molar-refractivity contribution in [3.63, 3.8) is 0 Å². The van der Waals surface area contributed by atoms with Crippen molar-refractivity contribution in [2.45, 2.75) is 13.8 Å². The lowest BCUT2D eigenvalue weighted by Gasteiger charge is -2.36. The lowest BCUT2D eigenvalue weighted by Crippen LogP contribution is -2.47. The molecule has 6 nitrogen and oxygen atoms in total. The fraction of sp³-hybridized carbons (Fsp3) is 0.304. The summed E-state index contributed by atoms with van der Waals surface area (Å²) in [4.78, 5) is 13.9. The van der Waals surface area contributed by atoms with Crippen LogP contribution < -0.4 is 19.9 Å². The van der Waals surface area contributed by atoms with E-state index in [-0.39, 0.29) is 0 Å². The summed E-state index contributed by atoms with van der Waals surface area (Å²) in [6.45, 7) is 7.84. The van der Waals surface area contributed by atoms with E-state index in [1.54, 1.807) is 7.11 Å². The minimum absolute atomic E-state index is 0.773. The highest BCUT2D eigenvalue weighted by atomic mass is 16.5. The molecule has 1 aliphatic rings. The standard InChI is InChI=1S/C23H27N5O/c1-17-4-5-18(2)21(16-17)25-22-10-11-24-23(26-22)28-14-12-27(13-15-28)19-6-8-20(29-3)9-7-19/h4-11,16H,12-15H2,1-3H3,(H,24,25,26). The Morgan fingerprint density at radius 1 is 0.897 bits per heavy atom. The molecule has 0 radical (unpaired) electrons. The topological polar surface area (TPSA) is 53.5 Å². The average Bonchev–Trinajstić information content (AvgIpc) is 2.77. The summed E-state index contributed by atoms with van der Waals surface area (Å²) in [6, 6.07) is 16.5. The molecule has 3 aromatic rings. The number of nitrogens with one attached hydrogen (secondary N) is 1. The van der Waals surface area contributed by atoms with Gasteiger partial charge in [-0.1, -0.05) is 12.1 Å². The Kier molecular flexibility index (Phi) is 5.51. The second-order valence-electron chi connectivity index (χ2n) is 7.36. The Hall–Kier alpha value is -3.28. The quantitative estimate of drug-likeness (QED) is 0.707. The molecule has 0 unspecified atom stereocenters. The molecule has 2 aromatic carbocycles. The number of piperazine rings is 1. The maximum atomic E-state index is 5.25. The van der Waals surface area contributed by atoms with Gasteiger partial charge in [0.05, 0.1) is 7.11 Å². The van der Waals surface area contributed by atoms with Gasteiger partial charge < -0.3 is 19.9 Å². The van der Waals surface area contributed by atoms with Crippen molar-refractivity contribution in [2.75, 3.05) is 48.4 Å². The minimum Gasteiger partial charge on any atom is -0.497 e. The summed E-state index contributed by atoms with van der Waals surface area (Å²) in [6.07, 6.45) is 1.83. The lowest BCUT2D eigenvalue weighted by atomic mass is 10.1. The van der Waals surface area contributed by atoms with E-state index in [1.165, 1.54) is 16.8 Å². The summed E-state index contributed by atoms with van der Waals surface area (Å²) in [5.41, 5.74) is 4.72. The predicted molar refractivity (Wildman–Crippen MR) is 119 cm³/mol. The van der Waals surface area contributed by atoms with Crippen molar-refractivity contribution in [1.29, 1.82) is 0 Å². The molecule has 0 spiro atoms. The van der Waals surface area contributed by atoms with Crippen LogP contribution in [-0.2, 0) is 0 Å². The van der Waals surface area contributed by atoms with Crippen molar-refractivity contribution in [1.82, 2.24) is 9.97 Å². The Morgan fingerprint density at radius 2 is 1.62 bits per heavy atom. The van der Waals surface area contributed by atoms with Gasteiger partial charge in [-0.25, -0.2) is 4.98 Å². The van der Waals surface area contributed by atoms with Gasteiger partial charge in [-0.3, -0.25) is 0 Å². The molecule has 1 aliphatic heterocycles. The largest absolute Gasteiger partial charge is 0.497 e. The fourth-order valence-electron chi connectivity index (χ4n) is 3.54. The summed E-state index contributed by atoms with van der Waals surface area (Å²) < 4.78 is 5.25. The van der Waals surface area contributed by atoms with Crippen LogP contribution in [0, 0.1) is 13.8 Å². The molecule has 0 bridgehead atoms. The molecular weight excluding hydrogens is 362 g/mol. The van der Waals surface area contributed by atoms with Crippen LogP contribution in [-0.4, -0.2) is 43.3 Å². The molecule has 0 aliphatic carbocycles. The Morgan fingerprint density at radius 3 is 2.34 bits per heavy atom. The van der Waals surface area contributed by atoms with Crippen molar-refractivity contribution < 1.29 is 4.74 Å². The zero-order valence-corrected chi connectivity index (χ0v) is 17.2. The van der Waals surface area contributed by atoms with Gasteiger partial charge in [0.15, 0.2) is 0 Å². The first kappa shape index (κ1) is 19.1. The molecule has 4 rings (SSSR count). The number of ether oxygens (including phenoxy) is 1. The van der Waals surface area contributed by atoms with E-state index in [0.717, 1.165) is 49.4 Å². The van der Waals surface area contributed by atoms with Gasteiger partial charge >= 0.3 is 0 Å². The number of aryl methyl sites for hydroxylation is 2. The first-order chi connectivity index (χ1) is 14.1. The molecule has 1 saturated heterocycles. The van der Waals surface area contributed by atoms with E-state index in [1.807, 2.05) is 24.4 Å². The number of rotatable bonds is 5. The lowest BCUT2D eigenvalue weighted by molar-refractivity contribution is 0.415. The summed E-state index contributed by atoms with van der Waals surface area (Å²) in [5, 5.41) is 3.44. The second-order valence-corrected chi connectivity index (χ2v) is 7.36. The highest BCUT2D eigenvalue weighted by molar-refractivity contribution is 5.62. The maximum absolute atomic E-state index is 5.25. The van der Waals surface area contributed by atoms with Crippen molar-refractivity contribution in [3.05, 3.63) is 65.9 Å². The molecular formula is C23H27N5O. The van der Waals surface area contributed by atoms with Crippen molar-refractivity contribution in [3.8, 4) is 5.75 Å². The Balaban J connectivity index is 1.42. The number of nitrogens with zero attached hydrogens (tertiary/aromatic N) is 4. The molecule has 2 heterocycles. The van der Waals surface area contributed by atoms with E-state index in [0.29, 0.717) is 0 Å². The predicted octanol–water partition coefficient (Wildman–Crippen LogP) is 4.17. The van der Waals surface area contributed by atoms with Gasteiger partial charge in [-0.05, 0) is 61.4 Å². The van der Waals surface area contributed by atoms with E-state index >= 15 is 0 Å². The van der Waals surface area contributed by atoms with E-state index in [2.05, 4.69) is 64.3 Å². The van der Waals surface area contributed by atoms with Crippen LogP contribution in [0.25, 0.3) is 0 Å². The van der Waals surface area contributed by atoms with Gasteiger partial charge in [0.25, 0.3) is 0 Å². The smallest absolute Gasteiger partial charge is 0.227 e. The van der Waals surface area contributed by atoms with Crippen LogP contribution >= 0.6 is 0 Å². The van der Waals surface area contributed by atoms with Crippen LogP contribution in [0.4, 0.5) is 23.1 Å². The van der Waals surface area contributed by atoms with E-state index in [9.17, 15) is 0 Å². The summed E-state index contributed by atoms with van der Waals surface area (Å²) >= 11 is 0. The first-order valence-electron chi connectivity index (χ1n) is 9.93. The van der Waals surface area contributed by atoms with Gasteiger partial charge in [0.1, 0.15) is 11.6 Å². The third-order valence-corrected chi connectivity index (χ3v) is 5.30. The fourth-order valence-corrected chi connectivity index (χ4v) is 3.54. The molecule has 150 valence electrons. The SMILES string of the molecule is COc1ccc(N2CCN(c3nccc(Nc4cc(C)ccc4C)n3)CC2)cc1. The third-order valence-electron chi connectivity index (χ3n) is 5.30. The molecule has 29 heavy (non-hydrogen) atoms. The number of hydrogen-bond acceptors (Lipinski definition) is 6. The molecule has 0 saturated carbocycles.